The first-order valence-electron chi connectivity index (χ1n) is 7.50. The molecule has 0 aromatic heterocycles. The van der Waals surface area contributed by atoms with Crippen LogP contribution >= 0.6 is 0 Å². The molecule has 116 valence electrons. The normalized spacial score (nSPS) is 26.5. The molecule has 7 heteroatoms. The van der Waals surface area contributed by atoms with E-state index in [2.05, 4.69) is 5.32 Å². The molecule has 2 aliphatic rings. The van der Waals surface area contributed by atoms with Crippen molar-refractivity contribution >= 4 is 15.9 Å². The molecule has 0 aromatic rings. The molecule has 0 radical (unpaired) electrons. The lowest BCUT2D eigenvalue weighted by atomic mass is 9.96. The number of nitrogens with zero attached hydrogens (tertiary/aromatic N) is 1. The Labute approximate surface area is 121 Å². The quantitative estimate of drug-likeness (QED) is 0.750. The summed E-state index contributed by atoms with van der Waals surface area (Å²) in [6.45, 7) is 2.37. The fourth-order valence-electron chi connectivity index (χ4n) is 3.13. The van der Waals surface area contributed by atoms with Crippen molar-refractivity contribution in [3.63, 3.8) is 0 Å². The fourth-order valence-corrected chi connectivity index (χ4v) is 5.00. The Balaban J connectivity index is 1.95. The molecule has 1 unspecified atom stereocenters. The minimum absolute atomic E-state index is 0.140. The van der Waals surface area contributed by atoms with E-state index in [9.17, 15) is 13.2 Å². The van der Waals surface area contributed by atoms with Gasteiger partial charge < -0.3 is 11.1 Å². The van der Waals surface area contributed by atoms with Gasteiger partial charge in [0.25, 0.3) is 0 Å². The van der Waals surface area contributed by atoms with E-state index >= 15 is 0 Å². The summed E-state index contributed by atoms with van der Waals surface area (Å²) < 4.78 is 26.2. The van der Waals surface area contributed by atoms with Crippen LogP contribution in [0.2, 0.25) is 0 Å². The van der Waals surface area contributed by atoms with E-state index in [4.69, 9.17) is 5.73 Å². The highest BCUT2D eigenvalue weighted by molar-refractivity contribution is 7.89. The molecule has 2 saturated heterocycles. The predicted molar refractivity (Wildman–Crippen MR) is 77.5 cm³/mol. The molecule has 2 rings (SSSR count). The van der Waals surface area contributed by atoms with Gasteiger partial charge in [0.2, 0.25) is 15.9 Å². The van der Waals surface area contributed by atoms with Gasteiger partial charge in [-0.15, -0.1) is 0 Å². The van der Waals surface area contributed by atoms with Gasteiger partial charge in [0.1, 0.15) is 6.04 Å². The van der Waals surface area contributed by atoms with Crippen molar-refractivity contribution in [1.29, 1.82) is 0 Å². The second-order valence-electron chi connectivity index (χ2n) is 5.82. The lowest BCUT2D eigenvalue weighted by Gasteiger charge is -2.33. The van der Waals surface area contributed by atoms with Gasteiger partial charge >= 0.3 is 0 Å². The minimum Gasteiger partial charge on any atom is -0.368 e. The average molecular weight is 303 g/mol. The summed E-state index contributed by atoms with van der Waals surface area (Å²) in [5, 5.41) is 3.28. The minimum atomic E-state index is -3.36. The highest BCUT2D eigenvalue weighted by atomic mass is 32.2. The highest BCUT2D eigenvalue weighted by Gasteiger charge is 2.35. The molecule has 0 saturated carbocycles. The van der Waals surface area contributed by atoms with Crippen molar-refractivity contribution in [1.82, 2.24) is 9.62 Å². The van der Waals surface area contributed by atoms with Gasteiger partial charge in [0.05, 0.1) is 5.75 Å². The first-order chi connectivity index (χ1) is 9.50. The van der Waals surface area contributed by atoms with Crippen LogP contribution in [0.5, 0.6) is 0 Å². The van der Waals surface area contributed by atoms with Gasteiger partial charge in [0, 0.05) is 6.54 Å². The Morgan fingerprint density at radius 3 is 2.55 bits per heavy atom. The molecule has 2 aliphatic heterocycles. The van der Waals surface area contributed by atoms with Crippen molar-refractivity contribution in [3.8, 4) is 0 Å². The predicted octanol–water partition coefficient (Wildman–Crippen LogP) is 0.0457. The maximum Gasteiger partial charge on any atom is 0.235 e. The molecular weight excluding hydrogens is 278 g/mol. The molecule has 2 fully saturated rings. The summed E-state index contributed by atoms with van der Waals surface area (Å²) in [7, 11) is -3.36. The summed E-state index contributed by atoms with van der Waals surface area (Å²) in [5.74, 6) is 0.0968. The number of primary amides is 1. The van der Waals surface area contributed by atoms with Gasteiger partial charge in [-0.05, 0) is 51.1 Å². The summed E-state index contributed by atoms with van der Waals surface area (Å²) in [6, 6.07) is -0.637. The molecule has 6 nitrogen and oxygen atoms in total. The summed E-state index contributed by atoms with van der Waals surface area (Å²) >= 11 is 0. The Bertz CT molecular complexity index is 432. The smallest absolute Gasteiger partial charge is 0.235 e. The molecular formula is C13H25N3O3S. The Hall–Kier alpha value is -0.660. The third kappa shape index (κ3) is 3.93. The monoisotopic (exact) mass is 303 g/mol. The summed E-state index contributed by atoms with van der Waals surface area (Å²) in [5.41, 5.74) is 5.34. The van der Waals surface area contributed by atoms with Crippen LogP contribution < -0.4 is 11.1 Å². The molecule has 0 aliphatic carbocycles. The number of carbonyl (C=O) groups excluding carboxylic acids is 1. The van der Waals surface area contributed by atoms with Crippen LogP contribution in [0.3, 0.4) is 0 Å². The maximum absolute atomic E-state index is 12.4. The second kappa shape index (κ2) is 6.87. The van der Waals surface area contributed by atoms with Gasteiger partial charge in [0.15, 0.2) is 0 Å². The number of carbonyl (C=O) groups is 1. The number of rotatable bonds is 5. The van der Waals surface area contributed by atoms with E-state index in [1.54, 1.807) is 0 Å². The molecule has 3 N–H and O–H groups in total. The number of hydrogen-bond acceptors (Lipinski definition) is 4. The first-order valence-corrected chi connectivity index (χ1v) is 9.11. The molecule has 1 atom stereocenters. The first kappa shape index (κ1) is 15.7. The van der Waals surface area contributed by atoms with Crippen LogP contribution in [0.25, 0.3) is 0 Å². The van der Waals surface area contributed by atoms with Crippen LogP contribution in [0, 0.1) is 5.92 Å². The zero-order valence-corrected chi connectivity index (χ0v) is 12.7. The molecule has 1 amide bonds. The largest absolute Gasteiger partial charge is 0.368 e. The third-order valence-corrected chi connectivity index (χ3v) is 6.29. The van der Waals surface area contributed by atoms with Crippen LogP contribution in [-0.2, 0) is 14.8 Å². The number of piperidine rings is 2. The Morgan fingerprint density at radius 1 is 1.20 bits per heavy atom. The average Bonchev–Trinajstić information content (AvgIpc) is 2.46. The summed E-state index contributed by atoms with van der Waals surface area (Å²) in [6.07, 6.45) is 5.00. The second-order valence-corrected chi connectivity index (χ2v) is 7.86. The van der Waals surface area contributed by atoms with Crippen LogP contribution in [0.1, 0.15) is 38.5 Å². The SMILES string of the molecule is NC(=O)C1CCCCN1S(=O)(=O)CCC1CCNCC1. The van der Waals surface area contributed by atoms with E-state index in [0.717, 1.165) is 38.8 Å². The molecule has 20 heavy (non-hydrogen) atoms. The highest BCUT2D eigenvalue weighted by Crippen LogP contribution is 2.23. The van der Waals surface area contributed by atoms with E-state index in [0.29, 0.717) is 25.3 Å². The molecule has 0 aromatic carbocycles. The van der Waals surface area contributed by atoms with Gasteiger partial charge in [-0.3, -0.25) is 4.79 Å². The number of hydrogen-bond donors (Lipinski definition) is 2. The zero-order chi connectivity index (χ0) is 14.6. The number of nitrogens with one attached hydrogen (secondary N) is 1. The van der Waals surface area contributed by atoms with Gasteiger partial charge in [-0.2, -0.15) is 4.31 Å². The fraction of sp³-hybridized carbons (Fsp3) is 0.923. The van der Waals surface area contributed by atoms with E-state index < -0.39 is 22.0 Å². The van der Waals surface area contributed by atoms with Gasteiger partial charge in [-0.1, -0.05) is 6.42 Å². The Morgan fingerprint density at radius 2 is 1.90 bits per heavy atom. The summed E-state index contributed by atoms with van der Waals surface area (Å²) in [4.78, 5) is 11.4. The van der Waals surface area contributed by atoms with Crippen molar-refractivity contribution < 1.29 is 13.2 Å². The molecule has 0 bridgehead atoms. The Kier molecular flexibility index (Phi) is 5.40. The van der Waals surface area contributed by atoms with Crippen LogP contribution in [-0.4, -0.2) is 50.1 Å². The van der Waals surface area contributed by atoms with Crippen molar-refractivity contribution in [2.75, 3.05) is 25.4 Å². The van der Waals surface area contributed by atoms with E-state index in [1.165, 1.54) is 4.31 Å². The number of sulfonamides is 1. The van der Waals surface area contributed by atoms with Crippen molar-refractivity contribution in [2.45, 2.75) is 44.6 Å². The lowest BCUT2D eigenvalue weighted by molar-refractivity contribution is -0.122. The maximum atomic E-state index is 12.4. The van der Waals surface area contributed by atoms with E-state index in [1.807, 2.05) is 0 Å². The molecule has 0 spiro atoms. The van der Waals surface area contributed by atoms with Crippen molar-refractivity contribution in [3.05, 3.63) is 0 Å². The van der Waals surface area contributed by atoms with Crippen LogP contribution in [0.4, 0.5) is 0 Å². The number of amides is 1. The standard InChI is InChI=1S/C13H25N3O3S/c14-13(17)12-3-1-2-9-16(12)20(18,19)10-6-11-4-7-15-8-5-11/h11-12,15H,1-10H2,(H2,14,17). The van der Waals surface area contributed by atoms with Gasteiger partial charge in [-0.25, -0.2) is 8.42 Å². The molecule has 2 heterocycles. The van der Waals surface area contributed by atoms with E-state index in [-0.39, 0.29) is 5.75 Å². The number of nitrogens with two attached hydrogens (primary N) is 1. The topological polar surface area (TPSA) is 92.5 Å². The van der Waals surface area contributed by atoms with Crippen LogP contribution in [0.15, 0.2) is 0 Å². The van der Waals surface area contributed by atoms with Crippen molar-refractivity contribution in [2.24, 2.45) is 11.7 Å². The third-order valence-electron chi connectivity index (χ3n) is 4.38. The lowest BCUT2D eigenvalue weighted by Crippen LogP contribution is -2.51. The zero-order valence-electron chi connectivity index (χ0n) is 11.9.